The summed E-state index contributed by atoms with van der Waals surface area (Å²) in [6.07, 6.45) is 1.82. The molecule has 4 nitrogen and oxygen atoms in total. The molecule has 0 atom stereocenters. The van der Waals surface area contributed by atoms with E-state index in [2.05, 4.69) is 154 Å². The molecule has 0 spiro atoms. The number of para-hydroxylation sites is 3. The zero-order valence-corrected chi connectivity index (χ0v) is 24.3. The number of aromatic nitrogens is 2. The predicted molar refractivity (Wildman–Crippen MR) is 186 cm³/mol. The Morgan fingerprint density at radius 3 is 1.93 bits per heavy atom. The minimum absolute atomic E-state index is 0.793. The molecule has 0 aliphatic carbocycles. The van der Waals surface area contributed by atoms with Gasteiger partial charge in [0.2, 0.25) is 0 Å². The van der Waals surface area contributed by atoms with Gasteiger partial charge in [-0.2, -0.15) is 0 Å². The van der Waals surface area contributed by atoms with E-state index < -0.39 is 0 Å². The van der Waals surface area contributed by atoms with Crippen LogP contribution in [-0.4, -0.2) is 9.55 Å². The standard InChI is InChI=1S/C41H27N3O/c1-2-13-30(14-3-1)43(33-22-23-39-36(27-33)41-40(45-39)21-10-24-42-41)31-15-8-11-28(25-31)29-12-9-16-32(26-29)44-37-19-6-4-17-34(37)35-18-5-7-20-38(35)44/h1-27H. The molecule has 0 fully saturated rings. The van der Waals surface area contributed by atoms with E-state index in [1.807, 2.05) is 24.4 Å². The van der Waals surface area contributed by atoms with Crippen molar-refractivity contribution in [3.05, 3.63) is 164 Å². The van der Waals surface area contributed by atoms with Crippen molar-refractivity contribution in [2.24, 2.45) is 0 Å². The van der Waals surface area contributed by atoms with Gasteiger partial charge in [0.05, 0.1) is 11.0 Å². The number of pyridine rings is 1. The van der Waals surface area contributed by atoms with Crippen LogP contribution in [0.2, 0.25) is 0 Å². The van der Waals surface area contributed by atoms with Crippen LogP contribution in [0, 0.1) is 0 Å². The highest BCUT2D eigenvalue weighted by atomic mass is 16.3. The van der Waals surface area contributed by atoms with Crippen molar-refractivity contribution in [2.45, 2.75) is 0 Å². The molecule has 0 N–H and O–H groups in total. The van der Waals surface area contributed by atoms with Gasteiger partial charge in [-0.3, -0.25) is 4.98 Å². The number of benzene rings is 6. The van der Waals surface area contributed by atoms with Crippen LogP contribution in [0.4, 0.5) is 17.1 Å². The van der Waals surface area contributed by atoms with Gasteiger partial charge in [-0.25, -0.2) is 0 Å². The second kappa shape index (κ2) is 10.2. The number of fused-ring (bicyclic) bond motifs is 6. The molecule has 45 heavy (non-hydrogen) atoms. The van der Waals surface area contributed by atoms with Gasteiger partial charge in [0, 0.05) is 45.1 Å². The number of rotatable bonds is 5. The minimum Gasteiger partial charge on any atom is -0.454 e. The SMILES string of the molecule is c1ccc(N(c2cccc(-c3cccc(-n4c5ccccc5c5ccccc54)c3)c2)c2ccc3oc4cccnc4c3c2)cc1. The van der Waals surface area contributed by atoms with Crippen LogP contribution < -0.4 is 4.90 Å². The minimum atomic E-state index is 0.793. The summed E-state index contributed by atoms with van der Waals surface area (Å²) in [4.78, 5) is 6.92. The van der Waals surface area contributed by atoms with E-state index >= 15 is 0 Å². The largest absolute Gasteiger partial charge is 0.454 e. The molecular weight excluding hydrogens is 550 g/mol. The van der Waals surface area contributed by atoms with E-state index in [0.717, 1.165) is 55.9 Å². The van der Waals surface area contributed by atoms with E-state index in [4.69, 9.17) is 4.42 Å². The second-order valence-electron chi connectivity index (χ2n) is 11.3. The molecule has 0 bridgehead atoms. The van der Waals surface area contributed by atoms with Crippen molar-refractivity contribution in [3.8, 4) is 16.8 Å². The zero-order chi connectivity index (χ0) is 29.7. The molecule has 6 aromatic carbocycles. The van der Waals surface area contributed by atoms with E-state index in [1.165, 1.54) is 21.8 Å². The smallest absolute Gasteiger partial charge is 0.153 e. The first kappa shape index (κ1) is 25.4. The molecule has 3 heterocycles. The molecule has 9 rings (SSSR count). The first-order valence-corrected chi connectivity index (χ1v) is 15.1. The maximum Gasteiger partial charge on any atom is 0.153 e. The van der Waals surface area contributed by atoms with Gasteiger partial charge < -0.3 is 13.9 Å². The molecule has 0 radical (unpaired) electrons. The highest BCUT2D eigenvalue weighted by Gasteiger charge is 2.17. The first-order valence-electron chi connectivity index (χ1n) is 15.1. The Morgan fingerprint density at radius 2 is 1.13 bits per heavy atom. The van der Waals surface area contributed by atoms with Crippen LogP contribution in [0.5, 0.6) is 0 Å². The first-order chi connectivity index (χ1) is 22.3. The Bertz CT molecular complexity index is 2450. The van der Waals surface area contributed by atoms with Gasteiger partial charge in [-0.1, -0.05) is 78.9 Å². The summed E-state index contributed by atoms with van der Waals surface area (Å²) in [5.74, 6) is 0. The van der Waals surface area contributed by atoms with Gasteiger partial charge in [0.25, 0.3) is 0 Å². The number of furan rings is 1. The molecule has 212 valence electrons. The Labute approximate surface area is 260 Å². The van der Waals surface area contributed by atoms with Gasteiger partial charge in [0.1, 0.15) is 11.1 Å². The molecule has 0 unspecified atom stereocenters. The Morgan fingerprint density at radius 1 is 0.467 bits per heavy atom. The second-order valence-corrected chi connectivity index (χ2v) is 11.3. The quantitative estimate of drug-likeness (QED) is 0.204. The molecule has 0 amide bonds. The molecule has 0 aliphatic heterocycles. The van der Waals surface area contributed by atoms with Crippen molar-refractivity contribution in [2.75, 3.05) is 4.90 Å². The third-order valence-electron chi connectivity index (χ3n) is 8.60. The fraction of sp³-hybridized carbons (Fsp3) is 0. The van der Waals surface area contributed by atoms with Crippen molar-refractivity contribution in [3.63, 3.8) is 0 Å². The zero-order valence-electron chi connectivity index (χ0n) is 24.3. The summed E-state index contributed by atoms with van der Waals surface area (Å²) in [6.45, 7) is 0. The van der Waals surface area contributed by atoms with Crippen LogP contribution in [0.25, 0.3) is 60.7 Å². The maximum atomic E-state index is 6.09. The number of hydrogen-bond donors (Lipinski definition) is 0. The average Bonchev–Trinajstić information content (AvgIpc) is 3.65. The molecule has 4 heteroatoms. The van der Waals surface area contributed by atoms with Crippen molar-refractivity contribution >= 4 is 60.9 Å². The van der Waals surface area contributed by atoms with Crippen LogP contribution >= 0.6 is 0 Å². The van der Waals surface area contributed by atoms with Crippen LogP contribution in [0.1, 0.15) is 0 Å². The van der Waals surface area contributed by atoms with Gasteiger partial charge in [-0.15, -0.1) is 0 Å². The molecule has 0 saturated carbocycles. The van der Waals surface area contributed by atoms with E-state index in [-0.39, 0.29) is 0 Å². The van der Waals surface area contributed by atoms with Crippen LogP contribution in [-0.2, 0) is 0 Å². The van der Waals surface area contributed by atoms with Crippen molar-refractivity contribution < 1.29 is 4.42 Å². The fourth-order valence-electron chi connectivity index (χ4n) is 6.60. The van der Waals surface area contributed by atoms with Crippen LogP contribution in [0.15, 0.2) is 168 Å². The summed E-state index contributed by atoms with van der Waals surface area (Å²) in [7, 11) is 0. The van der Waals surface area contributed by atoms with Crippen LogP contribution in [0.3, 0.4) is 0 Å². The maximum absolute atomic E-state index is 6.09. The summed E-state index contributed by atoms with van der Waals surface area (Å²) in [5.41, 5.74) is 11.5. The Kier molecular flexibility index (Phi) is 5.78. The number of hydrogen-bond acceptors (Lipinski definition) is 3. The van der Waals surface area contributed by atoms with Crippen molar-refractivity contribution in [1.82, 2.24) is 9.55 Å². The third-order valence-corrected chi connectivity index (χ3v) is 8.60. The average molecular weight is 578 g/mol. The van der Waals surface area contributed by atoms with E-state index in [1.54, 1.807) is 0 Å². The third kappa shape index (κ3) is 4.19. The summed E-state index contributed by atoms with van der Waals surface area (Å²) >= 11 is 0. The van der Waals surface area contributed by atoms with Gasteiger partial charge in [0.15, 0.2) is 5.58 Å². The fourth-order valence-corrected chi connectivity index (χ4v) is 6.60. The lowest BCUT2D eigenvalue weighted by molar-refractivity contribution is 0.668. The number of anilines is 3. The van der Waals surface area contributed by atoms with E-state index in [9.17, 15) is 0 Å². The lowest BCUT2D eigenvalue weighted by Crippen LogP contribution is -2.09. The molecule has 9 aromatic rings. The van der Waals surface area contributed by atoms with Crippen molar-refractivity contribution in [1.29, 1.82) is 0 Å². The summed E-state index contributed by atoms with van der Waals surface area (Å²) in [6, 6.07) is 55.6. The van der Waals surface area contributed by atoms with Gasteiger partial charge in [-0.05, 0) is 90.0 Å². The predicted octanol–water partition coefficient (Wildman–Crippen LogP) is 11.2. The molecule has 3 aromatic heterocycles. The van der Waals surface area contributed by atoms with Gasteiger partial charge >= 0.3 is 0 Å². The highest BCUT2D eigenvalue weighted by molar-refractivity contribution is 6.09. The lowest BCUT2D eigenvalue weighted by Gasteiger charge is -2.26. The lowest BCUT2D eigenvalue weighted by atomic mass is 10.0. The normalized spacial score (nSPS) is 11.6. The molecule has 0 aliphatic rings. The topological polar surface area (TPSA) is 34.2 Å². The number of nitrogens with zero attached hydrogens (tertiary/aromatic N) is 3. The summed E-state index contributed by atoms with van der Waals surface area (Å²) < 4.78 is 8.46. The summed E-state index contributed by atoms with van der Waals surface area (Å²) in [5, 5.41) is 3.52. The monoisotopic (exact) mass is 577 g/mol. The molecular formula is C41H27N3O. The van der Waals surface area contributed by atoms with E-state index in [0.29, 0.717) is 0 Å². The molecule has 0 saturated heterocycles. The highest BCUT2D eigenvalue weighted by Crippen LogP contribution is 2.40. The Hall–Kier alpha value is -6.13. The Balaban J connectivity index is 1.18.